The average molecular weight is 321 g/mol. The molecule has 0 radical (unpaired) electrons. The van der Waals surface area contributed by atoms with Gasteiger partial charge in [0, 0.05) is 5.97 Å². The summed E-state index contributed by atoms with van der Waals surface area (Å²) in [5, 5.41) is 10.2. The summed E-state index contributed by atoms with van der Waals surface area (Å²) >= 11 is 0. The van der Waals surface area contributed by atoms with Crippen molar-refractivity contribution in [2.24, 2.45) is 0 Å². The maximum absolute atomic E-state index is 10.2. The molecule has 0 aliphatic rings. The van der Waals surface area contributed by atoms with Crippen LogP contribution in [0, 0.1) is 0 Å². The van der Waals surface area contributed by atoms with Crippen LogP contribution in [0.15, 0.2) is 12.2 Å². The summed E-state index contributed by atoms with van der Waals surface area (Å²) in [5.74, 6) is -0.911. The SMILES string of the molecule is CCCCCC/C=C\CCCCCCCCCC(=O)[O-].[K+]. The quantitative estimate of drug-likeness (QED) is 0.262. The van der Waals surface area contributed by atoms with Crippen LogP contribution in [-0.2, 0) is 4.79 Å². The first-order valence-electron chi connectivity index (χ1n) is 8.62. The first kappa shape index (κ1) is 24.1. The summed E-state index contributed by atoms with van der Waals surface area (Å²) in [5.41, 5.74) is 0. The van der Waals surface area contributed by atoms with E-state index in [1.165, 1.54) is 70.6 Å². The van der Waals surface area contributed by atoms with Crippen molar-refractivity contribution in [2.75, 3.05) is 0 Å². The van der Waals surface area contributed by atoms with E-state index in [1.54, 1.807) is 0 Å². The number of aliphatic carboxylic acids is 1. The third-order valence-electron chi connectivity index (χ3n) is 3.64. The van der Waals surface area contributed by atoms with Crippen LogP contribution in [0.25, 0.3) is 0 Å². The van der Waals surface area contributed by atoms with Crippen molar-refractivity contribution in [2.45, 2.75) is 96.8 Å². The summed E-state index contributed by atoms with van der Waals surface area (Å²) in [4.78, 5) is 10.2. The third-order valence-corrected chi connectivity index (χ3v) is 3.64. The van der Waals surface area contributed by atoms with Gasteiger partial charge in [-0.15, -0.1) is 0 Å². The predicted octanol–water partition coefficient (Wildman–Crippen LogP) is 1.78. The maximum Gasteiger partial charge on any atom is 1.00 e. The zero-order valence-electron chi connectivity index (χ0n) is 14.4. The van der Waals surface area contributed by atoms with Crippen LogP contribution >= 0.6 is 0 Å². The molecule has 0 spiro atoms. The number of carboxylic acid groups (broad SMARTS) is 1. The number of rotatable bonds is 15. The van der Waals surface area contributed by atoms with E-state index in [2.05, 4.69) is 19.1 Å². The van der Waals surface area contributed by atoms with E-state index >= 15 is 0 Å². The number of hydrogen-bond acceptors (Lipinski definition) is 2. The molecule has 0 aromatic rings. The molecule has 0 aromatic carbocycles. The van der Waals surface area contributed by atoms with Gasteiger partial charge < -0.3 is 9.90 Å². The van der Waals surface area contributed by atoms with Gasteiger partial charge in [0.1, 0.15) is 0 Å². The van der Waals surface area contributed by atoms with Crippen molar-refractivity contribution in [3.8, 4) is 0 Å². The van der Waals surface area contributed by atoms with Crippen molar-refractivity contribution in [3.05, 3.63) is 12.2 Å². The molecule has 0 unspecified atom stereocenters. The van der Waals surface area contributed by atoms with E-state index in [1.807, 2.05) is 0 Å². The van der Waals surface area contributed by atoms with E-state index in [9.17, 15) is 9.90 Å². The molecule has 0 amide bonds. The molecule has 0 aliphatic carbocycles. The van der Waals surface area contributed by atoms with Crippen molar-refractivity contribution in [3.63, 3.8) is 0 Å². The molecule has 0 saturated carbocycles. The molecular weight excluding hydrogens is 287 g/mol. The van der Waals surface area contributed by atoms with Gasteiger partial charge in [0.15, 0.2) is 0 Å². The molecule has 118 valence electrons. The van der Waals surface area contributed by atoms with Gasteiger partial charge in [-0.25, -0.2) is 0 Å². The Morgan fingerprint density at radius 1 is 0.762 bits per heavy atom. The minimum Gasteiger partial charge on any atom is -0.550 e. The fraction of sp³-hybridized carbons (Fsp3) is 0.833. The Morgan fingerprint density at radius 3 is 1.67 bits per heavy atom. The third kappa shape index (κ3) is 23.2. The Hall–Kier alpha value is 0.846. The minimum absolute atomic E-state index is 0. The van der Waals surface area contributed by atoms with Crippen LogP contribution in [0.4, 0.5) is 0 Å². The Kier molecular flexibility index (Phi) is 23.9. The molecule has 2 nitrogen and oxygen atoms in total. The second kappa shape index (κ2) is 20.8. The normalized spacial score (nSPS) is 10.7. The number of carbonyl (C=O) groups excluding carboxylic acids is 1. The molecule has 0 N–H and O–H groups in total. The monoisotopic (exact) mass is 320 g/mol. The molecule has 0 fully saturated rings. The topological polar surface area (TPSA) is 40.1 Å². The maximum atomic E-state index is 10.2. The van der Waals surface area contributed by atoms with Crippen molar-refractivity contribution >= 4 is 5.97 Å². The second-order valence-electron chi connectivity index (χ2n) is 5.71. The molecule has 21 heavy (non-hydrogen) atoms. The summed E-state index contributed by atoms with van der Waals surface area (Å²) in [6.07, 6.45) is 20.9. The zero-order valence-corrected chi connectivity index (χ0v) is 17.5. The number of allylic oxidation sites excluding steroid dienone is 2. The van der Waals surface area contributed by atoms with Crippen LogP contribution in [0.2, 0.25) is 0 Å². The average Bonchev–Trinajstić information content (AvgIpc) is 2.43. The largest absolute Gasteiger partial charge is 1.00 e. The fourth-order valence-electron chi connectivity index (χ4n) is 2.34. The van der Waals surface area contributed by atoms with Gasteiger partial charge >= 0.3 is 51.4 Å². The molecule has 0 bridgehead atoms. The molecule has 0 atom stereocenters. The minimum atomic E-state index is -0.911. The summed E-state index contributed by atoms with van der Waals surface area (Å²) in [7, 11) is 0. The van der Waals surface area contributed by atoms with Gasteiger partial charge in [-0.2, -0.15) is 0 Å². The van der Waals surface area contributed by atoms with Crippen LogP contribution in [0.5, 0.6) is 0 Å². The predicted molar refractivity (Wildman–Crippen MR) is 84.5 cm³/mol. The van der Waals surface area contributed by atoms with Crippen LogP contribution in [-0.4, -0.2) is 5.97 Å². The number of hydrogen-bond donors (Lipinski definition) is 0. The Labute approximate surface area is 174 Å². The number of unbranched alkanes of at least 4 members (excludes halogenated alkanes) is 11. The summed E-state index contributed by atoms with van der Waals surface area (Å²) < 4.78 is 0. The van der Waals surface area contributed by atoms with E-state index in [4.69, 9.17) is 0 Å². The van der Waals surface area contributed by atoms with Crippen molar-refractivity contribution in [1.82, 2.24) is 0 Å². The van der Waals surface area contributed by atoms with Crippen LogP contribution < -0.4 is 56.5 Å². The molecule has 0 saturated heterocycles. The van der Waals surface area contributed by atoms with Crippen molar-refractivity contribution in [1.29, 1.82) is 0 Å². The summed E-state index contributed by atoms with van der Waals surface area (Å²) in [6.45, 7) is 2.25. The van der Waals surface area contributed by atoms with E-state index < -0.39 is 5.97 Å². The zero-order chi connectivity index (χ0) is 14.9. The standard InChI is InChI=1S/C18H34O2.K/c1-2-3-4-5-6-7-8-9-10-11-12-13-14-15-16-17-18(19)20;/h7-8H,2-6,9-17H2,1H3,(H,19,20);/q;+1/p-1/b8-7-;. The van der Waals surface area contributed by atoms with Gasteiger partial charge in [0.2, 0.25) is 0 Å². The fourth-order valence-corrected chi connectivity index (χ4v) is 2.34. The van der Waals surface area contributed by atoms with Crippen LogP contribution in [0.3, 0.4) is 0 Å². The van der Waals surface area contributed by atoms with E-state index in [0.29, 0.717) is 0 Å². The van der Waals surface area contributed by atoms with E-state index in [0.717, 1.165) is 12.8 Å². The molecular formula is C18H33KO2. The van der Waals surface area contributed by atoms with Gasteiger partial charge in [0.05, 0.1) is 0 Å². The Morgan fingerprint density at radius 2 is 1.19 bits per heavy atom. The van der Waals surface area contributed by atoms with Crippen LogP contribution in [0.1, 0.15) is 96.8 Å². The number of carboxylic acids is 1. The van der Waals surface area contributed by atoms with Gasteiger partial charge in [-0.1, -0.05) is 70.4 Å². The second-order valence-corrected chi connectivity index (χ2v) is 5.71. The smallest absolute Gasteiger partial charge is 0.550 e. The van der Waals surface area contributed by atoms with Gasteiger partial charge in [0.25, 0.3) is 0 Å². The molecule has 3 heteroatoms. The molecule has 0 aliphatic heterocycles. The Balaban J connectivity index is 0. The summed E-state index contributed by atoms with van der Waals surface area (Å²) in [6, 6.07) is 0. The molecule has 0 aromatic heterocycles. The van der Waals surface area contributed by atoms with E-state index in [-0.39, 0.29) is 57.8 Å². The number of carbonyl (C=O) groups is 1. The molecule has 0 rings (SSSR count). The van der Waals surface area contributed by atoms with Crippen molar-refractivity contribution < 1.29 is 61.3 Å². The van der Waals surface area contributed by atoms with Gasteiger partial charge in [-0.3, -0.25) is 0 Å². The molecule has 0 heterocycles. The Bertz CT molecular complexity index is 239. The van der Waals surface area contributed by atoms with Gasteiger partial charge in [-0.05, 0) is 38.5 Å². The first-order chi connectivity index (χ1) is 9.77. The first-order valence-corrected chi connectivity index (χ1v) is 8.62.